The molecular formula is C79H52N2S. The van der Waals surface area contributed by atoms with E-state index in [2.05, 4.69) is 325 Å². The van der Waals surface area contributed by atoms with Crippen LogP contribution in [-0.2, 0) is 5.41 Å². The van der Waals surface area contributed by atoms with Gasteiger partial charge in [-0.1, -0.05) is 237 Å². The lowest BCUT2D eigenvalue weighted by atomic mass is 9.70. The van der Waals surface area contributed by atoms with Gasteiger partial charge in [0.05, 0.1) is 5.41 Å². The van der Waals surface area contributed by atoms with Crippen molar-refractivity contribution in [2.75, 3.05) is 9.80 Å². The first-order chi connectivity index (χ1) is 40.7. The smallest absolute Gasteiger partial charge is 0.0727 e. The Morgan fingerprint density at radius 2 is 0.585 bits per heavy atom. The summed E-state index contributed by atoms with van der Waals surface area (Å²) in [6.45, 7) is 0. The molecule has 0 aliphatic heterocycles. The highest BCUT2D eigenvalue weighted by Crippen LogP contribution is 2.66. The molecule has 1 heterocycles. The van der Waals surface area contributed by atoms with E-state index in [9.17, 15) is 0 Å². The molecular weight excluding hydrogens is 1010 g/mol. The van der Waals surface area contributed by atoms with Gasteiger partial charge in [-0.15, -0.1) is 11.3 Å². The molecule has 0 fully saturated rings. The summed E-state index contributed by atoms with van der Waals surface area (Å²) in [6, 6.07) is 117. The largest absolute Gasteiger partial charge is 0.310 e. The van der Waals surface area contributed by atoms with E-state index in [1.165, 1.54) is 109 Å². The van der Waals surface area contributed by atoms with E-state index in [1.807, 2.05) is 11.3 Å². The summed E-state index contributed by atoms with van der Waals surface area (Å²) in [5.74, 6) is 0. The van der Waals surface area contributed by atoms with E-state index in [0.717, 1.165) is 34.1 Å². The Kier molecular flexibility index (Phi) is 11.3. The molecule has 0 bridgehead atoms. The zero-order chi connectivity index (χ0) is 54.1. The number of benzene rings is 13. The van der Waals surface area contributed by atoms with Gasteiger partial charge in [0.2, 0.25) is 0 Å². The molecule has 0 atom stereocenters. The average Bonchev–Trinajstić information content (AvgIpc) is 3.01. The minimum Gasteiger partial charge on any atom is -0.310 e. The first-order valence-corrected chi connectivity index (χ1v) is 29.0. The molecule has 0 N–H and O–H groups in total. The second kappa shape index (κ2) is 19.5. The summed E-state index contributed by atoms with van der Waals surface area (Å²) >= 11 is 1.92. The highest BCUT2D eigenvalue weighted by atomic mass is 32.1. The van der Waals surface area contributed by atoms with E-state index >= 15 is 0 Å². The normalized spacial score (nSPS) is 12.5. The van der Waals surface area contributed by atoms with Crippen molar-refractivity contribution in [3.63, 3.8) is 0 Å². The third-order valence-corrected chi connectivity index (χ3v) is 18.3. The van der Waals surface area contributed by atoms with Crippen molar-refractivity contribution in [1.82, 2.24) is 0 Å². The van der Waals surface area contributed by atoms with Crippen LogP contribution in [0.5, 0.6) is 0 Å². The summed E-state index contributed by atoms with van der Waals surface area (Å²) in [7, 11) is 0. The lowest BCUT2D eigenvalue weighted by Gasteiger charge is -2.33. The molecule has 0 saturated heterocycles. The van der Waals surface area contributed by atoms with E-state index in [0.29, 0.717) is 0 Å². The summed E-state index contributed by atoms with van der Waals surface area (Å²) in [6.07, 6.45) is 0. The first kappa shape index (κ1) is 47.7. The summed E-state index contributed by atoms with van der Waals surface area (Å²) < 4.78 is 2.64. The molecule has 1 spiro atoms. The Bertz CT molecular complexity index is 4300. The standard InChI is InChI=1S/C79H52N2S/c1-5-17-53(18-6-1)57-29-37-61(38-30-57)80(62-39-31-58(32-40-62)54-19-7-2-8-20-54)65-45-47-67-68-48-46-66(81(63-41-33-59(34-42-63)55-21-9-3-10-22-55)64-43-35-60(36-44-64)56-23-11-4-12-24-56)52-75(68)79(74(67)51-65)72-27-15-13-26-71(72)77-73(79)50-49-70-69-25-14-16-28-76(69)82-78(70)77/h1-52H. The van der Waals surface area contributed by atoms with Crippen molar-refractivity contribution in [1.29, 1.82) is 0 Å². The summed E-state index contributed by atoms with van der Waals surface area (Å²) in [5.41, 5.74) is 25.7. The van der Waals surface area contributed by atoms with Gasteiger partial charge < -0.3 is 9.80 Å². The Balaban J connectivity index is 0.924. The van der Waals surface area contributed by atoms with E-state index in [1.54, 1.807) is 0 Å². The van der Waals surface area contributed by atoms with E-state index < -0.39 is 5.41 Å². The number of hydrogen-bond acceptors (Lipinski definition) is 3. The van der Waals surface area contributed by atoms with Gasteiger partial charge in [0.15, 0.2) is 0 Å². The van der Waals surface area contributed by atoms with Crippen LogP contribution in [0.4, 0.5) is 34.1 Å². The molecule has 2 aliphatic rings. The lowest BCUT2D eigenvalue weighted by Crippen LogP contribution is -2.26. The number of hydrogen-bond donors (Lipinski definition) is 0. The van der Waals surface area contributed by atoms with Crippen molar-refractivity contribution in [3.05, 3.63) is 338 Å². The molecule has 1 aromatic heterocycles. The van der Waals surface area contributed by atoms with Crippen molar-refractivity contribution in [2.24, 2.45) is 0 Å². The van der Waals surface area contributed by atoms with Crippen molar-refractivity contribution < 1.29 is 0 Å². The molecule has 2 aliphatic carbocycles. The minimum atomic E-state index is -0.674. The predicted octanol–water partition coefficient (Wildman–Crippen LogP) is 22.0. The van der Waals surface area contributed by atoms with Crippen LogP contribution < -0.4 is 9.80 Å². The highest BCUT2D eigenvalue weighted by molar-refractivity contribution is 7.26. The molecule has 0 radical (unpaired) electrons. The van der Waals surface area contributed by atoms with E-state index in [-0.39, 0.29) is 0 Å². The summed E-state index contributed by atoms with van der Waals surface area (Å²) in [5, 5.41) is 2.61. The maximum atomic E-state index is 2.52. The van der Waals surface area contributed by atoms with Crippen LogP contribution in [0.15, 0.2) is 315 Å². The van der Waals surface area contributed by atoms with Gasteiger partial charge in [-0.05, 0) is 162 Å². The molecule has 3 heteroatoms. The minimum absolute atomic E-state index is 0.674. The molecule has 16 rings (SSSR count). The fourth-order valence-corrected chi connectivity index (χ4v) is 14.6. The maximum Gasteiger partial charge on any atom is 0.0727 e. The van der Waals surface area contributed by atoms with Gasteiger partial charge >= 0.3 is 0 Å². The summed E-state index contributed by atoms with van der Waals surface area (Å²) in [4.78, 5) is 4.89. The third kappa shape index (κ3) is 7.69. The van der Waals surface area contributed by atoms with Crippen molar-refractivity contribution in [3.8, 4) is 66.8 Å². The molecule has 13 aromatic carbocycles. The van der Waals surface area contributed by atoms with Gasteiger partial charge in [-0.3, -0.25) is 0 Å². The van der Waals surface area contributed by atoms with Crippen molar-refractivity contribution >= 4 is 65.6 Å². The predicted molar refractivity (Wildman–Crippen MR) is 347 cm³/mol. The molecule has 82 heavy (non-hydrogen) atoms. The van der Waals surface area contributed by atoms with Crippen LogP contribution in [0.3, 0.4) is 0 Å². The zero-order valence-electron chi connectivity index (χ0n) is 44.8. The molecule has 2 nitrogen and oxygen atoms in total. The molecule has 384 valence electrons. The van der Waals surface area contributed by atoms with Crippen LogP contribution in [-0.4, -0.2) is 0 Å². The van der Waals surface area contributed by atoms with Crippen LogP contribution in [0.1, 0.15) is 22.3 Å². The van der Waals surface area contributed by atoms with Gasteiger partial charge in [0.1, 0.15) is 0 Å². The highest BCUT2D eigenvalue weighted by Gasteiger charge is 2.53. The topological polar surface area (TPSA) is 6.48 Å². The van der Waals surface area contributed by atoms with Gasteiger partial charge in [0, 0.05) is 59.9 Å². The SMILES string of the molecule is c1ccc(-c2ccc(N(c3ccc(-c4ccccc4)cc3)c3ccc4c(c3)C3(c5cc(N(c6ccc(-c7ccccc7)cc6)c6ccc(-c7ccccc7)cc6)ccc5-4)c4ccccc4-c4c3ccc3c4sc4ccccc43)cc2)cc1. The third-order valence-electron chi connectivity index (χ3n) is 17.1. The number of fused-ring (bicyclic) bond motifs is 14. The number of nitrogens with zero attached hydrogens (tertiary/aromatic N) is 2. The second-order valence-corrected chi connectivity index (χ2v) is 22.6. The van der Waals surface area contributed by atoms with E-state index in [4.69, 9.17) is 0 Å². The number of anilines is 6. The fourth-order valence-electron chi connectivity index (χ4n) is 13.3. The molecule has 14 aromatic rings. The molecule has 0 saturated carbocycles. The van der Waals surface area contributed by atoms with Crippen LogP contribution in [0.25, 0.3) is 86.9 Å². The molecule has 0 unspecified atom stereocenters. The zero-order valence-corrected chi connectivity index (χ0v) is 45.6. The molecule has 0 amide bonds. The average molecular weight is 1060 g/mol. The van der Waals surface area contributed by atoms with Crippen LogP contribution in [0.2, 0.25) is 0 Å². The Morgan fingerprint density at radius 1 is 0.232 bits per heavy atom. The van der Waals surface area contributed by atoms with Gasteiger partial charge in [-0.2, -0.15) is 0 Å². The van der Waals surface area contributed by atoms with Gasteiger partial charge in [-0.25, -0.2) is 0 Å². The first-order valence-electron chi connectivity index (χ1n) is 28.2. The Morgan fingerprint density at radius 3 is 1.01 bits per heavy atom. The number of rotatable bonds is 10. The number of thiophene rings is 1. The second-order valence-electron chi connectivity index (χ2n) is 21.5. The quantitative estimate of drug-likeness (QED) is 0.135. The van der Waals surface area contributed by atoms with Crippen LogP contribution in [0, 0.1) is 0 Å². The van der Waals surface area contributed by atoms with Crippen molar-refractivity contribution in [2.45, 2.75) is 5.41 Å². The Labute approximate surface area is 482 Å². The van der Waals surface area contributed by atoms with Gasteiger partial charge in [0.25, 0.3) is 0 Å². The Hall–Kier alpha value is -10.3. The van der Waals surface area contributed by atoms with Crippen LogP contribution >= 0.6 is 11.3 Å². The monoisotopic (exact) mass is 1060 g/mol. The maximum absolute atomic E-state index is 2.52. The lowest BCUT2D eigenvalue weighted by molar-refractivity contribution is 0.794. The fraction of sp³-hybridized carbons (Fsp3) is 0.0127.